The minimum atomic E-state index is -1.65. The van der Waals surface area contributed by atoms with Crippen molar-refractivity contribution in [2.24, 2.45) is 5.92 Å². The number of hydrogen-bond donors (Lipinski definition) is 6. The molecule has 1 saturated carbocycles. The van der Waals surface area contributed by atoms with Gasteiger partial charge in [-0.25, -0.2) is 0 Å². The summed E-state index contributed by atoms with van der Waals surface area (Å²) in [6.07, 6.45) is -7.96. The van der Waals surface area contributed by atoms with Crippen LogP contribution in [-0.2, 0) is 4.79 Å². The zero-order chi connectivity index (χ0) is 13.3. The van der Waals surface area contributed by atoms with Gasteiger partial charge >= 0.3 is 0 Å². The molecule has 1 aliphatic rings. The molecule has 1 rings (SSSR count). The molecule has 0 aliphatic heterocycles. The number of aliphatic hydroxyl groups excluding tert-OH is 5. The number of aliphatic hydroxyl groups is 5. The normalized spacial score (nSPS) is 42.6. The maximum atomic E-state index is 11.4. The smallest absolute Gasteiger partial charge is 0.222 e. The van der Waals surface area contributed by atoms with Crippen LogP contribution in [0.2, 0.25) is 0 Å². The van der Waals surface area contributed by atoms with E-state index in [-0.39, 0.29) is 5.92 Å². The van der Waals surface area contributed by atoms with Crippen molar-refractivity contribution in [3.05, 3.63) is 0 Å². The summed E-state index contributed by atoms with van der Waals surface area (Å²) in [7, 11) is 0. The number of nitrogens with one attached hydrogen (secondary N) is 1. The molecule has 0 bridgehead atoms. The van der Waals surface area contributed by atoms with Gasteiger partial charge in [-0.1, -0.05) is 13.8 Å². The summed E-state index contributed by atoms with van der Waals surface area (Å²) in [5, 5.41) is 49.8. The van der Waals surface area contributed by atoms with Crippen molar-refractivity contribution >= 4 is 5.91 Å². The fourth-order valence-corrected chi connectivity index (χ4v) is 1.73. The summed E-state index contributed by atoms with van der Waals surface area (Å²) in [4.78, 5) is 11.4. The molecule has 7 heteroatoms. The molecule has 0 radical (unpaired) electrons. The van der Waals surface area contributed by atoms with Crippen LogP contribution < -0.4 is 5.32 Å². The molecule has 0 spiro atoms. The van der Waals surface area contributed by atoms with Gasteiger partial charge in [-0.2, -0.15) is 0 Å². The maximum absolute atomic E-state index is 11.4. The van der Waals surface area contributed by atoms with Crippen molar-refractivity contribution in [2.75, 3.05) is 0 Å². The third-order valence-corrected chi connectivity index (χ3v) is 2.97. The predicted octanol–water partition coefficient (Wildman–Crippen LogP) is -3.05. The number of hydrogen-bond acceptors (Lipinski definition) is 6. The Hall–Kier alpha value is -0.730. The summed E-state index contributed by atoms with van der Waals surface area (Å²) < 4.78 is 0. The average Bonchev–Trinajstić information content (AvgIpc) is 2.29. The Morgan fingerprint density at radius 1 is 0.882 bits per heavy atom. The zero-order valence-corrected chi connectivity index (χ0v) is 9.69. The van der Waals surface area contributed by atoms with Crippen molar-refractivity contribution in [1.29, 1.82) is 0 Å². The molecule has 17 heavy (non-hydrogen) atoms. The largest absolute Gasteiger partial charge is 0.388 e. The van der Waals surface area contributed by atoms with E-state index < -0.39 is 42.5 Å². The summed E-state index contributed by atoms with van der Waals surface area (Å²) in [5.41, 5.74) is 0. The fourth-order valence-electron chi connectivity index (χ4n) is 1.73. The maximum Gasteiger partial charge on any atom is 0.222 e. The lowest BCUT2D eigenvalue weighted by Crippen LogP contribution is -2.68. The lowest BCUT2D eigenvalue weighted by atomic mass is 9.83. The van der Waals surface area contributed by atoms with Gasteiger partial charge in [0.15, 0.2) is 0 Å². The van der Waals surface area contributed by atoms with E-state index in [2.05, 4.69) is 5.32 Å². The van der Waals surface area contributed by atoms with Crippen LogP contribution in [0.4, 0.5) is 0 Å². The topological polar surface area (TPSA) is 130 Å². The van der Waals surface area contributed by atoms with Crippen molar-refractivity contribution in [1.82, 2.24) is 5.32 Å². The minimum Gasteiger partial charge on any atom is -0.388 e. The summed E-state index contributed by atoms with van der Waals surface area (Å²) in [6, 6.07) is -1.21. The van der Waals surface area contributed by atoms with Gasteiger partial charge in [-0.05, 0) is 0 Å². The highest BCUT2D eigenvalue weighted by molar-refractivity contribution is 5.78. The molecule has 6 N–H and O–H groups in total. The van der Waals surface area contributed by atoms with E-state index in [1.165, 1.54) is 0 Å². The van der Waals surface area contributed by atoms with Crippen molar-refractivity contribution in [2.45, 2.75) is 50.4 Å². The molecule has 1 fully saturated rings. The van der Waals surface area contributed by atoms with Gasteiger partial charge in [0.1, 0.15) is 30.5 Å². The molecule has 0 aromatic heterocycles. The van der Waals surface area contributed by atoms with Crippen molar-refractivity contribution < 1.29 is 30.3 Å². The van der Waals surface area contributed by atoms with Crippen LogP contribution in [0.15, 0.2) is 0 Å². The standard InChI is InChI=1S/C10H19NO6/c1-3(2)10(17)11-4-5(12)7(14)9(16)8(15)6(4)13/h3-9,12-16H,1-2H3,(H,11,17)/t4?,5-,6+,7+,8-,9?. The number of carbonyl (C=O) groups is 1. The predicted molar refractivity (Wildman–Crippen MR) is 56.8 cm³/mol. The van der Waals surface area contributed by atoms with Crippen LogP contribution in [0.25, 0.3) is 0 Å². The highest BCUT2D eigenvalue weighted by atomic mass is 16.4. The van der Waals surface area contributed by atoms with Crippen LogP contribution in [0, 0.1) is 5.92 Å². The third-order valence-electron chi connectivity index (χ3n) is 2.97. The van der Waals surface area contributed by atoms with Crippen LogP contribution in [0.5, 0.6) is 0 Å². The second-order valence-electron chi connectivity index (χ2n) is 4.64. The molecule has 100 valence electrons. The first kappa shape index (κ1) is 14.3. The van der Waals surface area contributed by atoms with Gasteiger partial charge in [-0.3, -0.25) is 4.79 Å². The molecular formula is C10H19NO6. The number of amides is 1. The average molecular weight is 249 g/mol. The first-order valence-corrected chi connectivity index (χ1v) is 5.48. The van der Waals surface area contributed by atoms with Gasteiger partial charge in [0.05, 0.1) is 6.04 Å². The van der Waals surface area contributed by atoms with E-state index in [4.69, 9.17) is 0 Å². The summed E-state index contributed by atoms with van der Waals surface area (Å²) >= 11 is 0. The van der Waals surface area contributed by atoms with Gasteiger partial charge in [0.25, 0.3) is 0 Å². The van der Waals surface area contributed by atoms with E-state index in [1.807, 2.05) is 0 Å². The van der Waals surface area contributed by atoms with Crippen LogP contribution >= 0.6 is 0 Å². The number of rotatable bonds is 2. The van der Waals surface area contributed by atoms with Gasteiger partial charge in [0, 0.05) is 5.92 Å². The monoisotopic (exact) mass is 249 g/mol. The van der Waals surface area contributed by atoms with E-state index >= 15 is 0 Å². The Kier molecular flexibility index (Phi) is 4.45. The van der Waals surface area contributed by atoms with Crippen LogP contribution in [0.1, 0.15) is 13.8 Å². The third kappa shape index (κ3) is 2.75. The summed E-state index contributed by atoms with van der Waals surface area (Å²) in [5.74, 6) is -0.792. The highest BCUT2D eigenvalue weighted by Crippen LogP contribution is 2.21. The Morgan fingerprint density at radius 2 is 1.24 bits per heavy atom. The first-order chi connectivity index (χ1) is 7.77. The van der Waals surface area contributed by atoms with Gasteiger partial charge in [-0.15, -0.1) is 0 Å². The van der Waals surface area contributed by atoms with Gasteiger partial charge < -0.3 is 30.8 Å². The second-order valence-corrected chi connectivity index (χ2v) is 4.64. The molecule has 7 nitrogen and oxygen atoms in total. The first-order valence-electron chi connectivity index (χ1n) is 5.48. The SMILES string of the molecule is CC(C)C(=O)NC1[C@@H](O)[C@H](O)C(O)[C@H](O)[C@H]1O. The lowest BCUT2D eigenvalue weighted by molar-refractivity contribution is -0.191. The van der Waals surface area contributed by atoms with Crippen LogP contribution in [-0.4, -0.2) is 68.0 Å². The molecule has 0 heterocycles. The van der Waals surface area contributed by atoms with E-state index in [1.54, 1.807) is 13.8 Å². The zero-order valence-electron chi connectivity index (χ0n) is 9.69. The molecule has 2 unspecified atom stereocenters. The quantitative estimate of drug-likeness (QED) is 0.308. The summed E-state index contributed by atoms with van der Waals surface area (Å²) in [6.45, 7) is 3.25. The lowest BCUT2D eigenvalue weighted by Gasteiger charge is -2.42. The molecule has 1 aliphatic carbocycles. The van der Waals surface area contributed by atoms with Gasteiger partial charge in [0.2, 0.25) is 5.91 Å². The molecule has 1 amide bonds. The minimum absolute atomic E-state index is 0.365. The Balaban J connectivity index is 2.79. The molecule has 6 atom stereocenters. The van der Waals surface area contributed by atoms with Crippen molar-refractivity contribution in [3.63, 3.8) is 0 Å². The fraction of sp³-hybridized carbons (Fsp3) is 0.900. The van der Waals surface area contributed by atoms with E-state index in [0.717, 1.165) is 0 Å². The molecule has 0 aromatic rings. The Bertz CT molecular complexity index is 268. The second kappa shape index (κ2) is 5.28. The van der Waals surface area contributed by atoms with Crippen LogP contribution in [0.3, 0.4) is 0 Å². The molecular weight excluding hydrogens is 230 g/mol. The highest BCUT2D eigenvalue weighted by Gasteiger charge is 2.48. The van der Waals surface area contributed by atoms with E-state index in [0.29, 0.717) is 0 Å². The van der Waals surface area contributed by atoms with E-state index in [9.17, 15) is 30.3 Å². The van der Waals surface area contributed by atoms with Crippen molar-refractivity contribution in [3.8, 4) is 0 Å². The number of carbonyl (C=O) groups excluding carboxylic acids is 1. The molecule has 0 aromatic carbocycles. The Morgan fingerprint density at radius 3 is 1.59 bits per heavy atom. The molecule has 0 saturated heterocycles. The Labute approximate surface area is 98.7 Å².